The third-order valence-electron chi connectivity index (χ3n) is 3.01. The molecule has 0 unspecified atom stereocenters. The Morgan fingerprint density at radius 3 is 2.65 bits per heavy atom. The molecule has 0 bridgehead atoms. The molecule has 5 nitrogen and oxygen atoms in total. The lowest BCUT2D eigenvalue weighted by Gasteiger charge is -2.23. The fourth-order valence-corrected chi connectivity index (χ4v) is 1.97. The number of aryl methyl sites for hydroxylation is 1. The highest BCUT2D eigenvalue weighted by Gasteiger charge is 2.16. The van der Waals surface area contributed by atoms with E-state index >= 15 is 0 Å². The van der Waals surface area contributed by atoms with E-state index in [1.54, 1.807) is 4.90 Å². The number of carbonyl (C=O) groups excluding carboxylic acids is 2. The molecule has 1 rings (SSSR count). The number of nitrogens with two attached hydrogens (primary N) is 1. The van der Waals surface area contributed by atoms with Gasteiger partial charge in [-0.3, -0.25) is 9.59 Å². The summed E-state index contributed by atoms with van der Waals surface area (Å²) in [6, 6.07) is 7.70. The summed E-state index contributed by atoms with van der Waals surface area (Å²) < 4.78 is 0. The second kappa shape index (κ2) is 8.32. The molecule has 5 heteroatoms. The zero-order valence-electron chi connectivity index (χ0n) is 12.2. The van der Waals surface area contributed by atoms with Crippen LogP contribution in [-0.2, 0) is 9.59 Å². The van der Waals surface area contributed by atoms with Crippen molar-refractivity contribution in [2.75, 3.05) is 25.0 Å². The maximum atomic E-state index is 12.3. The number of benzene rings is 1. The highest BCUT2D eigenvalue weighted by Crippen LogP contribution is 2.17. The summed E-state index contributed by atoms with van der Waals surface area (Å²) in [5.41, 5.74) is 7.08. The Morgan fingerprint density at radius 1 is 1.30 bits per heavy atom. The van der Waals surface area contributed by atoms with E-state index < -0.39 is 5.91 Å². The van der Waals surface area contributed by atoms with Gasteiger partial charge in [-0.25, -0.2) is 0 Å². The van der Waals surface area contributed by atoms with E-state index in [9.17, 15) is 9.59 Å². The molecule has 0 aliphatic carbocycles. The average Bonchev–Trinajstić information content (AvgIpc) is 2.39. The van der Waals surface area contributed by atoms with Crippen molar-refractivity contribution in [3.63, 3.8) is 0 Å². The van der Waals surface area contributed by atoms with Gasteiger partial charge in [-0.05, 0) is 44.6 Å². The lowest BCUT2D eigenvalue weighted by Crippen LogP contribution is -2.34. The lowest BCUT2D eigenvalue weighted by molar-refractivity contribution is -0.119. The van der Waals surface area contributed by atoms with E-state index in [0.29, 0.717) is 13.0 Å². The number of nitrogens with zero attached hydrogens (tertiary/aromatic N) is 1. The van der Waals surface area contributed by atoms with Gasteiger partial charge in [-0.1, -0.05) is 12.1 Å². The molecule has 0 aliphatic heterocycles. The summed E-state index contributed by atoms with van der Waals surface area (Å²) >= 11 is 0. The number of anilines is 1. The first-order chi connectivity index (χ1) is 9.54. The Morgan fingerprint density at radius 2 is 2.05 bits per heavy atom. The molecule has 110 valence electrons. The van der Waals surface area contributed by atoms with E-state index in [2.05, 4.69) is 5.32 Å². The first-order valence-electron chi connectivity index (χ1n) is 6.84. The molecule has 0 fully saturated rings. The number of amides is 2. The van der Waals surface area contributed by atoms with Gasteiger partial charge in [-0.2, -0.15) is 0 Å². The molecule has 2 amide bonds. The quantitative estimate of drug-likeness (QED) is 0.701. The van der Waals surface area contributed by atoms with E-state index in [1.807, 2.05) is 38.2 Å². The van der Waals surface area contributed by atoms with Crippen molar-refractivity contribution in [3.05, 3.63) is 29.8 Å². The second-order valence-electron chi connectivity index (χ2n) is 4.81. The molecule has 0 atom stereocenters. The van der Waals surface area contributed by atoms with Crippen molar-refractivity contribution in [2.24, 2.45) is 5.73 Å². The molecule has 0 saturated heterocycles. The molecule has 1 aromatic carbocycles. The van der Waals surface area contributed by atoms with Crippen LogP contribution in [0.2, 0.25) is 0 Å². The van der Waals surface area contributed by atoms with Crippen molar-refractivity contribution >= 4 is 17.5 Å². The third-order valence-corrected chi connectivity index (χ3v) is 3.01. The van der Waals surface area contributed by atoms with Crippen molar-refractivity contribution in [2.45, 2.75) is 26.2 Å². The summed E-state index contributed by atoms with van der Waals surface area (Å²) in [7, 11) is 1.86. The number of hydrogen-bond donors (Lipinski definition) is 2. The minimum absolute atomic E-state index is 0.0205. The number of carbonyl (C=O) groups is 2. The van der Waals surface area contributed by atoms with E-state index in [1.165, 1.54) is 0 Å². The Hall–Kier alpha value is -1.88. The van der Waals surface area contributed by atoms with Crippen LogP contribution in [0.4, 0.5) is 5.69 Å². The van der Waals surface area contributed by atoms with Gasteiger partial charge in [0.2, 0.25) is 11.8 Å². The highest BCUT2D eigenvalue weighted by atomic mass is 16.2. The molecule has 0 aromatic heterocycles. The topological polar surface area (TPSA) is 75.4 Å². The molecule has 0 saturated carbocycles. The van der Waals surface area contributed by atoms with Gasteiger partial charge in [0, 0.05) is 25.1 Å². The number of rotatable bonds is 8. The molecule has 0 aliphatic rings. The predicted octanol–water partition coefficient (Wildman–Crippen LogP) is 1.20. The second-order valence-corrected chi connectivity index (χ2v) is 4.81. The first kappa shape index (κ1) is 16.2. The molecule has 1 aromatic rings. The number of primary amides is 1. The van der Waals surface area contributed by atoms with Gasteiger partial charge < -0.3 is 16.0 Å². The zero-order chi connectivity index (χ0) is 15.0. The standard InChI is InChI=1S/C15H23N3O2/c1-12-5-3-6-13(11-12)18(10-8-14(16)19)15(20)7-4-9-17-2/h3,5-6,11,17H,4,7-10H2,1-2H3,(H2,16,19). The highest BCUT2D eigenvalue weighted by molar-refractivity contribution is 5.94. The van der Waals surface area contributed by atoms with Crippen molar-refractivity contribution in [1.82, 2.24) is 5.32 Å². The van der Waals surface area contributed by atoms with Crippen LogP contribution in [0.5, 0.6) is 0 Å². The first-order valence-corrected chi connectivity index (χ1v) is 6.84. The Kier molecular flexibility index (Phi) is 6.73. The van der Waals surface area contributed by atoms with Crippen LogP contribution in [0, 0.1) is 6.92 Å². The molecule has 0 radical (unpaired) electrons. The van der Waals surface area contributed by atoms with Gasteiger partial charge in [0.15, 0.2) is 0 Å². The maximum Gasteiger partial charge on any atom is 0.227 e. The lowest BCUT2D eigenvalue weighted by atomic mass is 10.1. The Labute approximate surface area is 120 Å². The van der Waals surface area contributed by atoms with E-state index in [0.717, 1.165) is 24.2 Å². The number of hydrogen-bond acceptors (Lipinski definition) is 3. The van der Waals surface area contributed by atoms with Crippen LogP contribution >= 0.6 is 0 Å². The number of nitrogens with one attached hydrogen (secondary N) is 1. The Bertz CT molecular complexity index is 460. The minimum Gasteiger partial charge on any atom is -0.370 e. The molecule has 3 N–H and O–H groups in total. The van der Waals surface area contributed by atoms with E-state index in [-0.39, 0.29) is 12.3 Å². The van der Waals surface area contributed by atoms with Gasteiger partial charge in [0.05, 0.1) is 0 Å². The van der Waals surface area contributed by atoms with E-state index in [4.69, 9.17) is 5.73 Å². The van der Waals surface area contributed by atoms with Crippen LogP contribution < -0.4 is 16.0 Å². The summed E-state index contributed by atoms with van der Waals surface area (Å²) in [6.45, 7) is 3.10. The zero-order valence-corrected chi connectivity index (χ0v) is 12.2. The summed E-state index contributed by atoms with van der Waals surface area (Å²) in [5, 5.41) is 3.02. The van der Waals surface area contributed by atoms with Crippen LogP contribution in [-0.4, -0.2) is 32.0 Å². The largest absolute Gasteiger partial charge is 0.370 e. The van der Waals surface area contributed by atoms with Crippen LogP contribution in [0.25, 0.3) is 0 Å². The molecular weight excluding hydrogens is 254 g/mol. The van der Waals surface area contributed by atoms with Crippen molar-refractivity contribution < 1.29 is 9.59 Å². The van der Waals surface area contributed by atoms with Crippen molar-refractivity contribution in [1.29, 1.82) is 0 Å². The third kappa shape index (κ3) is 5.40. The van der Waals surface area contributed by atoms with Crippen LogP contribution in [0.3, 0.4) is 0 Å². The average molecular weight is 277 g/mol. The molecule has 0 spiro atoms. The summed E-state index contributed by atoms with van der Waals surface area (Å²) in [6.07, 6.45) is 1.40. The van der Waals surface area contributed by atoms with Crippen molar-refractivity contribution in [3.8, 4) is 0 Å². The molecule has 0 heterocycles. The monoisotopic (exact) mass is 277 g/mol. The SMILES string of the molecule is CNCCCC(=O)N(CCC(N)=O)c1cccc(C)c1. The van der Waals surface area contributed by atoms with Gasteiger partial charge in [0.25, 0.3) is 0 Å². The maximum absolute atomic E-state index is 12.3. The molecular formula is C15H23N3O2. The fraction of sp³-hybridized carbons (Fsp3) is 0.467. The van der Waals surface area contributed by atoms with Gasteiger partial charge in [-0.15, -0.1) is 0 Å². The van der Waals surface area contributed by atoms with Gasteiger partial charge in [0.1, 0.15) is 0 Å². The smallest absolute Gasteiger partial charge is 0.227 e. The van der Waals surface area contributed by atoms with Crippen LogP contribution in [0.15, 0.2) is 24.3 Å². The van der Waals surface area contributed by atoms with Gasteiger partial charge >= 0.3 is 0 Å². The molecule has 20 heavy (non-hydrogen) atoms. The normalized spacial score (nSPS) is 10.3. The fourth-order valence-electron chi connectivity index (χ4n) is 1.97. The minimum atomic E-state index is -0.398. The van der Waals surface area contributed by atoms with Crippen LogP contribution in [0.1, 0.15) is 24.8 Å². The predicted molar refractivity (Wildman–Crippen MR) is 80.5 cm³/mol. The summed E-state index contributed by atoms with van der Waals surface area (Å²) in [5.74, 6) is -0.377. The summed E-state index contributed by atoms with van der Waals surface area (Å²) in [4.78, 5) is 24.9. The Balaban J connectivity index is 2.78.